The van der Waals surface area contributed by atoms with E-state index in [0.29, 0.717) is 13.2 Å². The van der Waals surface area contributed by atoms with Crippen molar-refractivity contribution in [1.29, 1.82) is 0 Å². The van der Waals surface area contributed by atoms with Gasteiger partial charge in [0.15, 0.2) is 12.1 Å². The Balaban J connectivity index is 2.17. The van der Waals surface area contributed by atoms with Crippen LogP contribution < -0.4 is 0 Å². The second-order valence-electron chi connectivity index (χ2n) is 4.11. The molecular weight excluding hydrogens is 216 g/mol. The Kier molecular flexibility index (Phi) is 3.92. The lowest BCUT2D eigenvalue weighted by molar-refractivity contribution is -0.156. The van der Waals surface area contributed by atoms with Gasteiger partial charge in [-0.15, -0.1) is 0 Å². The van der Waals surface area contributed by atoms with Gasteiger partial charge in [-0.05, 0) is 25.8 Å². The van der Waals surface area contributed by atoms with Crippen molar-refractivity contribution in [3.63, 3.8) is 0 Å². The molecule has 1 aromatic rings. The molecule has 1 unspecified atom stereocenters. The lowest BCUT2D eigenvalue weighted by Gasteiger charge is -2.21. The van der Waals surface area contributed by atoms with Crippen molar-refractivity contribution >= 4 is 5.78 Å². The summed E-state index contributed by atoms with van der Waals surface area (Å²) in [6.07, 6.45) is 0.310. The quantitative estimate of drug-likeness (QED) is 0.734. The van der Waals surface area contributed by atoms with Crippen LogP contribution in [0.2, 0.25) is 0 Å². The van der Waals surface area contributed by atoms with Gasteiger partial charge in [-0.2, -0.15) is 0 Å². The maximum atomic E-state index is 12.2. The highest BCUT2D eigenvalue weighted by Crippen LogP contribution is 2.30. The van der Waals surface area contributed by atoms with Crippen LogP contribution in [-0.4, -0.2) is 25.3 Å². The van der Waals surface area contributed by atoms with Gasteiger partial charge in [0.1, 0.15) is 0 Å². The van der Waals surface area contributed by atoms with Gasteiger partial charge in [0.25, 0.3) is 0 Å². The van der Waals surface area contributed by atoms with E-state index in [1.54, 1.807) is 0 Å². The van der Waals surface area contributed by atoms with Crippen LogP contribution >= 0.6 is 0 Å². The van der Waals surface area contributed by atoms with Gasteiger partial charge < -0.3 is 9.47 Å². The number of hydrogen-bond donors (Lipinski definition) is 0. The van der Waals surface area contributed by atoms with Crippen LogP contribution in [0.15, 0.2) is 24.3 Å². The molecule has 1 aliphatic carbocycles. The average molecular weight is 234 g/mol. The van der Waals surface area contributed by atoms with Crippen molar-refractivity contribution in [1.82, 2.24) is 0 Å². The third kappa shape index (κ3) is 2.40. The summed E-state index contributed by atoms with van der Waals surface area (Å²) < 4.78 is 11.0. The number of ether oxygens (including phenoxy) is 2. The van der Waals surface area contributed by atoms with Crippen molar-refractivity contribution in [2.24, 2.45) is 5.92 Å². The van der Waals surface area contributed by atoms with Crippen LogP contribution in [0.4, 0.5) is 0 Å². The second kappa shape index (κ2) is 5.43. The summed E-state index contributed by atoms with van der Waals surface area (Å²) >= 11 is 0. The van der Waals surface area contributed by atoms with Gasteiger partial charge in [0, 0.05) is 18.8 Å². The molecule has 0 amide bonds. The first-order chi connectivity index (χ1) is 8.27. The number of fused-ring (bicyclic) bond motifs is 1. The Bertz CT molecular complexity index is 394. The Morgan fingerprint density at radius 3 is 2.47 bits per heavy atom. The lowest BCUT2D eigenvalue weighted by atomic mass is 10.0. The molecule has 0 spiro atoms. The van der Waals surface area contributed by atoms with E-state index in [2.05, 4.69) is 0 Å². The first-order valence-electron chi connectivity index (χ1n) is 6.13. The van der Waals surface area contributed by atoms with E-state index in [1.807, 2.05) is 38.1 Å². The number of ketones is 1. The molecule has 1 aliphatic rings. The fraction of sp³-hybridized carbons (Fsp3) is 0.500. The van der Waals surface area contributed by atoms with Crippen LogP contribution in [0.1, 0.15) is 29.8 Å². The minimum atomic E-state index is -0.412. The number of hydrogen-bond acceptors (Lipinski definition) is 3. The molecule has 0 N–H and O–H groups in total. The minimum absolute atomic E-state index is 0.146. The molecule has 92 valence electrons. The van der Waals surface area contributed by atoms with Crippen LogP contribution in [0.3, 0.4) is 0 Å². The topological polar surface area (TPSA) is 35.5 Å². The average Bonchev–Trinajstić information content (AvgIpc) is 2.67. The molecule has 0 heterocycles. The van der Waals surface area contributed by atoms with Gasteiger partial charge in [-0.1, -0.05) is 24.3 Å². The molecule has 17 heavy (non-hydrogen) atoms. The normalized spacial score (nSPS) is 18.8. The molecule has 0 fully saturated rings. The van der Waals surface area contributed by atoms with Gasteiger partial charge in [0.2, 0.25) is 0 Å². The summed E-state index contributed by atoms with van der Waals surface area (Å²) in [6.45, 7) is 4.95. The Morgan fingerprint density at radius 1 is 1.24 bits per heavy atom. The molecule has 0 aliphatic heterocycles. The van der Waals surface area contributed by atoms with Gasteiger partial charge in [-0.25, -0.2) is 0 Å². The van der Waals surface area contributed by atoms with Gasteiger partial charge in [-0.3, -0.25) is 4.79 Å². The van der Waals surface area contributed by atoms with Crippen molar-refractivity contribution in [3.8, 4) is 0 Å². The van der Waals surface area contributed by atoms with E-state index in [0.717, 1.165) is 17.5 Å². The van der Waals surface area contributed by atoms with E-state index in [1.165, 1.54) is 0 Å². The summed E-state index contributed by atoms with van der Waals surface area (Å²) in [5.74, 6) is -0.0419. The first-order valence-corrected chi connectivity index (χ1v) is 6.13. The summed E-state index contributed by atoms with van der Waals surface area (Å²) in [7, 11) is 0. The van der Waals surface area contributed by atoms with Crippen molar-refractivity contribution in [3.05, 3.63) is 35.4 Å². The van der Waals surface area contributed by atoms with Crippen molar-refractivity contribution in [2.45, 2.75) is 26.6 Å². The smallest absolute Gasteiger partial charge is 0.171 e. The second-order valence-corrected chi connectivity index (χ2v) is 4.11. The highest BCUT2D eigenvalue weighted by molar-refractivity contribution is 6.02. The van der Waals surface area contributed by atoms with E-state index in [9.17, 15) is 4.79 Å². The van der Waals surface area contributed by atoms with E-state index in [-0.39, 0.29) is 11.7 Å². The van der Waals surface area contributed by atoms with Crippen molar-refractivity contribution in [2.75, 3.05) is 13.2 Å². The molecule has 3 heteroatoms. The molecular formula is C14H18O3. The molecule has 0 saturated carbocycles. The number of benzene rings is 1. The molecule has 1 aromatic carbocycles. The Labute approximate surface area is 102 Å². The third-order valence-electron chi connectivity index (χ3n) is 3.05. The zero-order valence-electron chi connectivity index (χ0n) is 10.3. The highest BCUT2D eigenvalue weighted by atomic mass is 16.7. The van der Waals surface area contributed by atoms with E-state index < -0.39 is 6.29 Å². The van der Waals surface area contributed by atoms with E-state index in [4.69, 9.17) is 9.47 Å². The zero-order chi connectivity index (χ0) is 12.3. The molecule has 1 atom stereocenters. The zero-order valence-corrected chi connectivity index (χ0v) is 10.3. The summed E-state index contributed by atoms with van der Waals surface area (Å²) in [5, 5.41) is 0. The van der Waals surface area contributed by atoms with Crippen LogP contribution in [-0.2, 0) is 15.9 Å². The maximum Gasteiger partial charge on any atom is 0.171 e. The van der Waals surface area contributed by atoms with Crippen LogP contribution in [0, 0.1) is 5.92 Å². The summed E-state index contributed by atoms with van der Waals surface area (Å²) in [4.78, 5) is 12.2. The standard InChI is InChI=1S/C14H18O3/c1-3-16-14(17-4-2)12-9-10-7-5-6-8-11(10)13(12)15/h5-8,12,14H,3-4,9H2,1-2H3. The number of carbonyl (C=O) groups excluding carboxylic acids is 1. The molecule has 0 bridgehead atoms. The molecule has 2 rings (SSSR count). The van der Waals surface area contributed by atoms with Crippen LogP contribution in [0.25, 0.3) is 0 Å². The molecule has 0 radical (unpaired) electrons. The monoisotopic (exact) mass is 234 g/mol. The summed E-state index contributed by atoms with van der Waals surface area (Å²) in [5.41, 5.74) is 1.92. The van der Waals surface area contributed by atoms with E-state index >= 15 is 0 Å². The number of Topliss-reactive ketones (excluding diaryl/α,β-unsaturated/α-hetero) is 1. The third-order valence-corrected chi connectivity index (χ3v) is 3.05. The number of carbonyl (C=O) groups is 1. The highest BCUT2D eigenvalue weighted by Gasteiger charge is 2.36. The molecule has 3 nitrogen and oxygen atoms in total. The van der Waals surface area contributed by atoms with Crippen molar-refractivity contribution < 1.29 is 14.3 Å². The SMILES string of the molecule is CCOC(OCC)C1Cc2ccccc2C1=O. The fourth-order valence-electron chi connectivity index (χ4n) is 2.30. The fourth-order valence-corrected chi connectivity index (χ4v) is 2.30. The minimum Gasteiger partial charge on any atom is -0.352 e. The van der Waals surface area contributed by atoms with Gasteiger partial charge >= 0.3 is 0 Å². The Hall–Kier alpha value is -1.19. The largest absolute Gasteiger partial charge is 0.352 e. The van der Waals surface area contributed by atoms with Gasteiger partial charge in [0.05, 0.1) is 5.92 Å². The Morgan fingerprint density at radius 2 is 1.88 bits per heavy atom. The maximum absolute atomic E-state index is 12.2. The van der Waals surface area contributed by atoms with Crippen LogP contribution in [0.5, 0.6) is 0 Å². The number of rotatable bonds is 5. The first kappa shape index (κ1) is 12.3. The predicted molar refractivity (Wildman–Crippen MR) is 65.0 cm³/mol. The lowest BCUT2D eigenvalue weighted by Crippen LogP contribution is -2.31. The predicted octanol–water partition coefficient (Wildman–Crippen LogP) is 2.44. The summed E-state index contributed by atoms with van der Waals surface area (Å²) in [6, 6.07) is 7.75. The molecule has 0 aromatic heterocycles. The molecule has 0 saturated heterocycles.